The molecule has 3 aromatic rings. The van der Waals surface area contributed by atoms with E-state index in [1.165, 1.54) is 24.3 Å². The van der Waals surface area contributed by atoms with Crippen LogP contribution in [0.3, 0.4) is 0 Å². The maximum absolute atomic E-state index is 13.0. The zero-order valence-electron chi connectivity index (χ0n) is 17.1. The van der Waals surface area contributed by atoms with Crippen molar-refractivity contribution < 1.29 is 32.2 Å². The number of thioether (sulfide) groups is 1. The van der Waals surface area contributed by atoms with Crippen LogP contribution in [0.5, 0.6) is 11.5 Å². The smallest absolute Gasteiger partial charge is 0.418 e. The number of ether oxygens (including phenoxy) is 2. The number of hydrogen-bond donors (Lipinski definition) is 2. The number of nitrogens with one attached hydrogen (secondary N) is 2. The Labute approximate surface area is 199 Å². The topological polar surface area (TPSA) is 102 Å². The number of anilines is 2. The molecule has 2 amide bonds. The Morgan fingerprint density at radius 3 is 2.71 bits per heavy atom. The van der Waals surface area contributed by atoms with Gasteiger partial charge in [0.05, 0.1) is 17.0 Å². The number of benzene rings is 2. The van der Waals surface area contributed by atoms with E-state index in [4.69, 9.17) is 9.47 Å². The van der Waals surface area contributed by atoms with E-state index in [0.717, 1.165) is 34.7 Å². The van der Waals surface area contributed by atoms with Gasteiger partial charge in [0.2, 0.25) is 23.7 Å². The summed E-state index contributed by atoms with van der Waals surface area (Å²) < 4.78 is 50.0. The van der Waals surface area contributed by atoms with Crippen molar-refractivity contribution in [3.8, 4) is 11.5 Å². The Bertz CT molecular complexity index is 1250. The Balaban J connectivity index is 1.27. The average molecular weight is 509 g/mol. The lowest BCUT2D eigenvalue weighted by Crippen LogP contribution is -2.18. The number of para-hydroxylation sites is 1. The molecule has 0 saturated carbocycles. The number of nitrogens with zero attached hydrogens (tertiary/aromatic N) is 2. The largest absolute Gasteiger partial charge is 0.454 e. The number of amides is 2. The average Bonchev–Trinajstić information content (AvgIpc) is 3.45. The van der Waals surface area contributed by atoms with Crippen molar-refractivity contribution in [1.29, 1.82) is 0 Å². The first-order chi connectivity index (χ1) is 16.3. The summed E-state index contributed by atoms with van der Waals surface area (Å²) in [5.41, 5.74) is -0.505. The van der Waals surface area contributed by atoms with Gasteiger partial charge in [0.1, 0.15) is 0 Å². The SMILES string of the molecule is O=C(/C=C\c1ccc2c(c1)OCO2)Nc1nnc(SCC(=O)Nc2ccccc2C(F)(F)F)s1. The highest BCUT2D eigenvalue weighted by Gasteiger charge is 2.33. The second kappa shape index (κ2) is 10.1. The molecular weight excluding hydrogens is 493 g/mol. The first-order valence-electron chi connectivity index (χ1n) is 9.59. The molecule has 2 N–H and O–H groups in total. The number of fused-ring (bicyclic) bond motifs is 1. The number of alkyl halides is 3. The molecule has 34 heavy (non-hydrogen) atoms. The zero-order chi connectivity index (χ0) is 24.1. The molecule has 0 saturated heterocycles. The first kappa shape index (κ1) is 23.6. The summed E-state index contributed by atoms with van der Waals surface area (Å²) in [5, 5.41) is 12.7. The molecular formula is C21H15F3N4O4S2. The highest BCUT2D eigenvalue weighted by atomic mass is 32.2. The van der Waals surface area contributed by atoms with Crippen molar-refractivity contribution in [2.45, 2.75) is 10.5 Å². The molecule has 176 valence electrons. The van der Waals surface area contributed by atoms with Crippen LogP contribution in [0.2, 0.25) is 0 Å². The van der Waals surface area contributed by atoms with Crippen molar-refractivity contribution in [3.05, 3.63) is 59.7 Å². The van der Waals surface area contributed by atoms with E-state index >= 15 is 0 Å². The van der Waals surface area contributed by atoms with E-state index in [1.54, 1.807) is 24.3 Å². The predicted molar refractivity (Wildman–Crippen MR) is 121 cm³/mol. The molecule has 0 atom stereocenters. The molecule has 1 aromatic heterocycles. The highest BCUT2D eigenvalue weighted by molar-refractivity contribution is 8.01. The van der Waals surface area contributed by atoms with Crippen LogP contribution in [0.25, 0.3) is 6.08 Å². The minimum Gasteiger partial charge on any atom is -0.454 e. The van der Waals surface area contributed by atoms with E-state index in [0.29, 0.717) is 15.8 Å². The number of carbonyl (C=O) groups excluding carboxylic acids is 2. The molecule has 0 unspecified atom stereocenters. The van der Waals surface area contributed by atoms with Crippen LogP contribution in [-0.2, 0) is 15.8 Å². The molecule has 8 nitrogen and oxygen atoms in total. The Morgan fingerprint density at radius 1 is 1.09 bits per heavy atom. The second-order valence-electron chi connectivity index (χ2n) is 6.69. The molecule has 13 heteroatoms. The fraction of sp³-hybridized carbons (Fsp3) is 0.143. The Hall–Kier alpha value is -3.58. The van der Waals surface area contributed by atoms with Gasteiger partial charge in [0.25, 0.3) is 0 Å². The summed E-state index contributed by atoms with van der Waals surface area (Å²) in [6, 6.07) is 9.98. The van der Waals surface area contributed by atoms with Gasteiger partial charge in [-0.1, -0.05) is 41.3 Å². The van der Waals surface area contributed by atoms with Crippen LogP contribution < -0.4 is 20.1 Å². The normalized spacial score (nSPS) is 12.7. The maximum atomic E-state index is 13.0. The Kier molecular flexibility index (Phi) is 7.03. The lowest BCUT2D eigenvalue weighted by molar-refractivity contribution is -0.137. The molecule has 1 aliphatic heterocycles. The highest BCUT2D eigenvalue weighted by Crippen LogP contribution is 2.35. The number of aromatic nitrogens is 2. The standard InChI is InChI=1S/C21H15F3N4O4S2/c22-21(23,24)13-3-1-2-4-14(13)25-18(30)10-33-20-28-27-19(34-20)26-17(29)8-6-12-5-7-15-16(9-12)32-11-31-15/h1-9H,10-11H2,(H,25,30)(H,26,27,29)/b8-6-. The number of hydrogen-bond acceptors (Lipinski definition) is 8. The number of carbonyl (C=O) groups is 2. The van der Waals surface area contributed by atoms with Gasteiger partial charge in [-0.2, -0.15) is 13.2 Å². The molecule has 2 heterocycles. The lowest BCUT2D eigenvalue weighted by Gasteiger charge is -2.13. The van der Waals surface area contributed by atoms with Crippen molar-refractivity contribution in [2.24, 2.45) is 0 Å². The van der Waals surface area contributed by atoms with Crippen molar-refractivity contribution in [3.63, 3.8) is 0 Å². The molecule has 4 rings (SSSR count). The fourth-order valence-corrected chi connectivity index (χ4v) is 4.36. The van der Waals surface area contributed by atoms with Gasteiger partial charge >= 0.3 is 6.18 Å². The number of halogens is 3. The fourth-order valence-electron chi connectivity index (χ4n) is 2.81. The van der Waals surface area contributed by atoms with Crippen LogP contribution in [0.15, 0.2) is 52.9 Å². The van der Waals surface area contributed by atoms with Crippen LogP contribution in [-0.4, -0.2) is 34.6 Å². The van der Waals surface area contributed by atoms with E-state index in [2.05, 4.69) is 20.8 Å². The molecule has 1 aliphatic rings. The molecule has 0 radical (unpaired) electrons. The van der Waals surface area contributed by atoms with E-state index in [1.807, 2.05) is 0 Å². The zero-order valence-corrected chi connectivity index (χ0v) is 18.7. The van der Waals surface area contributed by atoms with Crippen LogP contribution in [0.1, 0.15) is 11.1 Å². The Morgan fingerprint density at radius 2 is 1.88 bits per heavy atom. The third-order valence-corrected chi connectivity index (χ3v) is 6.27. The van der Waals surface area contributed by atoms with E-state index in [-0.39, 0.29) is 23.4 Å². The van der Waals surface area contributed by atoms with Gasteiger partial charge in [-0.15, -0.1) is 10.2 Å². The molecule has 0 bridgehead atoms. The molecule has 2 aromatic carbocycles. The summed E-state index contributed by atoms with van der Waals surface area (Å²) in [6.45, 7) is 0.156. The third kappa shape index (κ3) is 6.05. The summed E-state index contributed by atoms with van der Waals surface area (Å²) >= 11 is 2.02. The number of rotatable bonds is 7. The quantitative estimate of drug-likeness (QED) is 0.272. The van der Waals surface area contributed by atoms with Gasteiger partial charge < -0.3 is 14.8 Å². The minimum absolute atomic E-state index is 0.156. The van der Waals surface area contributed by atoms with Crippen molar-refractivity contribution in [1.82, 2.24) is 10.2 Å². The van der Waals surface area contributed by atoms with Gasteiger partial charge in [-0.05, 0) is 35.9 Å². The molecule has 0 spiro atoms. The lowest BCUT2D eigenvalue weighted by atomic mass is 10.1. The monoisotopic (exact) mass is 508 g/mol. The van der Waals surface area contributed by atoms with Crippen LogP contribution in [0, 0.1) is 0 Å². The molecule has 0 fully saturated rings. The maximum Gasteiger partial charge on any atom is 0.418 e. The van der Waals surface area contributed by atoms with Crippen molar-refractivity contribution >= 4 is 51.8 Å². The third-order valence-electron chi connectivity index (χ3n) is 4.29. The van der Waals surface area contributed by atoms with Gasteiger partial charge in [0.15, 0.2) is 15.8 Å². The van der Waals surface area contributed by atoms with E-state index < -0.39 is 23.6 Å². The first-order valence-corrected chi connectivity index (χ1v) is 11.4. The van der Waals surface area contributed by atoms with Gasteiger partial charge in [-0.3, -0.25) is 14.9 Å². The van der Waals surface area contributed by atoms with Crippen LogP contribution >= 0.6 is 23.1 Å². The molecule has 0 aliphatic carbocycles. The van der Waals surface area contributed by atoms with Gasteiger partial charge in [0, 0.05) is 6.08 Å². The van der Waals surface area contributed by atoms with Crippen molar-refractivity contribution in [2.75, 3.05) is 23.2 Å². The predicted octanol–water partition coefficient (Wildman–Crippen LogP) is 4.67. The van der Waals surface area contributed by atoms with Gasteiger partial charge in [-0.25, -0.2) is 0 Å². The minimum atomic E-state index is -4.58. The van der Waals surface area contributed by atoms with Crippen LogP contribution in [0.4, 0.5) is 24.0 Å². The second-order valence-corrected chi connectivity index (χ2v) is 8.89. The summed E-state index contributed by atoms with van der Waals surface area (Å²) in [4.78, 5) is 24.2. The summed E-state index contributed by atoms with van der Waals surface area (Å²) in [5.74, 6) is -0.0160. The summed E-state index contributed by atoms with van der Waals surface area (Å²) in [7, 11) is 0. The van der Waals surface area contributed by atoms with E-state index in [9.17, 15) is 22.8 Å². The summed E-state index contributed by atoms with van der Waals surface area (Å²) in [6.07, 6.45) is -1.67.